The second kappa shape index (κ2) is 9.59. The van der Waals surface area contributed by atoms with Gasteiger partial charge in [0.15, 0.2) is 0 Å². The lowest BCUT2D eigenvalue weighted by Gasteiger charge is -2.19. The van der Waals surface area contributed by atoms with E-state index in [0.717, 1.165) is 44.0 Å². The van der Waals surface area contributed by atoms with Crippen LogP contribution >= 0.6 is 35.0 Å². The molecule has 1 N–H and O–H groups in total. The van der Waals surface area contributed by atoms with Crippen LogP contribution in [0, 0.1) is 0 Å². The molecule has 5 rings (SSSR count). The number of ether oxygens (including phenoxy) is 1. The van der Waals surface area contributed by atoms with Crippen molar-refractivity contribution >= 4 is 74.0 Å². The molecule has 2 heterocycles. The maximum Gasteiger partial charge on any atom is 0.293 e. The number of aliphatic hydroxyl groups is 1. The standard InChI is InChI=1S/C26H20Cl2N2O4S/c1-34-19-6-2-15(3-7-19)10-24-25(32)30(26(33)35-24)14-18(31)13-29-22-8-4-16(27)11-20(22)21-12-17(28)5-9-23(21)29/h2-12,18,31H,13-14H2,1H3. The first-order valence-corrected chi connectivity index (χ1v) is 12.4. The summed E-state index contributed by atoms with van der Waals surface area (Å²) in [6, 6.07) is 18.2. The quantitative estimate of drug-likeness (QED) is 0.302. The molecule has 1 atom stereocenters. The molecule has 6 nitrogen and oxygen atoms in total. The number of methoxy groups -OCH3 is 1. The normalized spacial score (nSPS) is 16.1. The van der Waals surface area contributed by atoms with Crippen LogP contribution in [0.25, 0.3) is 27.9 Å². The number of fused-ring (bicyclic) bond motifs is 3. The predicted molar refractivity (Wildman–Crippen MR) is 141 cm³/mol. The van der Waals surface area contributed by atoms with Gasteiger partial charge in [-0.2, -0.15) is 0 Å². The molecule has 0 bridgehead atoms. The van der Waals surface area contributed by atoms with Crippen LogP contribution in [-0.4, -0.2) is 45.5 Å². The van der Waals surface area contributed by atoms with E-state index in [0.29, 0.717) is 20.7 Å². The molecule has 0 radical (unpaired) electrons. The Kier molecular flexibility index (Phi) is 6.51. The van der Waals surface area contributed by atoms with Crippen molar-refractivity contribution in [1.82, 2.24) is 9.47 Å². The fourth-order valence-electron chi connectivity index (χ4n) is 4.23. The zero-order chi connectivity index (χ0) is 24.7. The number of carbonyl (C=O) groups is 2. The molecule has 1 aromatic heterocycles. The minimum absolute atomic E-state index is 0.118. The van der Waals surface area contributed by atoms with E-state index in [-0.39, 0.29) is 13.1 Å². The Morgan fingerprint density at radius 1 is 0.943 bits per heavy atom. The third-order valence-electron chi connectivity index (χ3n) is 5.86. The lowest BCUT2D eigenvalue weighted by Crippen LogP contribution is -2.37. The molecular formula is C26H20Cl2N2O4S. The Labute approximate surface area is 215 Å². The molecule has 1 unspecified atom stereocenters. The third-order valence-corrected chi connectivity index (χ3v) is 7.24. The Bertz CT molecular complexity index is 1440. The van der Waals surface area contributed by atoms with E-state index in [4.69, 9.17) is 27.9 Å². The summed E-state index contributed by atoms with van der Waals surface area (Å²) in [7, 11) is 1.58. The Hall–Kier alpha value is -2.97. The number of hydrogen-bond acceptors (Lipinski definition) is 5. The largest absolute Gasteiger partial charge is 0.497 e. The van der Waals surface area contributed by atoms with Gasteiger partial charge in [0.1, 0.15) is 5.75 Å². The SMILES string of the molecule is COc1ccc(C=C2SC(=O)N(CC(O)Cn3c4ccc(Cl)cc4c4cc(Cl)ccc43)C2=O)cc1. The number of imide groups is 1. The number of hydrogen-bond donors (Lipinski definition) is 1. The minimum Gasteiger partial charge on any atom is -0.497 e. The molecule has 1 fully saturated rings. The van der Waals surface area contributed by atoms with Gasteiger partial charge in [-0.05, 0) is 71.9 Å². The van der Waals surface area contributed by atoms with Crippen molar-refractivity contribution in [2.45, 2.75) is 12.6 Å². The Morgan fingerprint density at radius 3 is 2.11 bits per heavy atom. The second-order valence-corrected chi connectivity index (χ2v) is 10.0. The van der Waals surface area contributed by atoms with Crippen molar-refractivity contribution in [2.24, 2.45) is 0 Å². The summed E-state index contributed by atoms with van der Waals surface area (Å²) in [5.74, 6) is 0.281. The van der Waals surface area contributed by atoms with Crippen LogP contribution in [0.1, 0.15) is 5.56 Å². The van der Waals surface area contributed by atoms with Crippen molar-refractivity contribution in [3.63, 3.8) is 0 Å². The van der Waals surface area contributed by atoms with Crippen molar-refractivity contribution in [2.75, 3.05) is 13.7 Å². The van der Waals surface area contributed by atoms with E-state index in [1.165, 1.54) is 0 Å². The number of carbonyl (C=O) groups excluding carboxylic acids is 2. The topological polar surface area (TPSA) is 71.8 Å². The van der Waals surface area contributed by atoms with E-state index in [9.17, 15) is 14.7 Å². The molecule has 1 saturated heterocycles. The molecule has 0 saturated carbocycles. The van der Waals surface area contributed by atoms with Crippen LogP contribution in [0.4, 0.5) is 4.79 Å². The van der Waals surface area contributed by atoms with E-state index >= 15 is 0 Å². The minimum atomic E-state index is -0.978. The lowest BCUT2D eigenvalue weighted by molar-refractivity contribution is -0.123. The summed E-state index contributed by atoms with van der Waals surface area (Å²) in [5.41, 5.74) is 2.53. The summed E-state index contributed by atoms with van der Waals surface area (Å²) < 4.78 is 7.10. The maximum absolute atomic E-state index is 12.9. The number of β-amino-alcohol motifs (C(OH)–C–C–N with tert-alkyl or cyclic N) is 1. The maximum atomic E-state index is 12.9. The molecule has 35 heavy (non-hydrogen) atoms. The number of thioether (sulfide) groups is 1. The first kappa shape index (κ1) is 23.8. The fraction of sp³-hybridized carbons (Fsp3) is 0.154. The van der Waals surface area contributed by atoms with Crippen molar-refractivity contribution in [3.8, 4) is 5.75 Å². The number of aliphatic hydroxyl groups excluding tert-OH is 1. The van der Waals surface area contributed by atoms with Gasteiger partial charge in [-0.15, -0.1) is 0 Å². The van der Waals surface area contributed by atoms with Gasteiger partial charge >= 0.3 is 0 Å². The summed E-state index contributed by atoms with van der Waals surface area (Å²) in [4.78, 5) is 26.9. The number of nitrogens with zero attached hydrogens (tertiary/aromatic N) is 2. The highest BCUT2D eigenvalue weighted by molar-refractivity contribution is 8.18. The smallest absolute Gasteiger partial charge is 0.293 e. The van der Waals surface area contributed by atoms with Gasteiger partial charge in [0.05, 0.1) is 31.2 Å². The molecule has 1 aliphatic heterocycles. The summed E-state index contributed by atoms with van der Waals surface area (Å²) in [6.07, 6.45) is 0.686. The van der Waals surface area contributed by atoms with Crippen LogP contribution in [0.5, 0.6) is 5.75 Å². The zero-order valence-electron chi connectivity index (χ0n) is 18.6. The molecule has 9 heteroatoms. The van der Waals surface area contributed by atoms with Gasteiger partial charge in [0.2, 0.25) is 0 Å². The molecule has 4 aromatic rings. The number of amides is 2. The molecule has 2 amide bonds. The monoisotopic (exact) mass is 526 g/mol. The highest BCUT2D eigenvalue weighted by atomic mass is 35.5. The van der Waals surface area contributed by atoms with Crippen LogP contribution in [0.15, 0.2) is 65.6 Å². The van der Waals surface area contributed by atoms with Gasteiger partial charge in [0.25, 0.3) is 11.1 Å². The zero-order valence-corrected chi connectivity index (χ0v) is 20.9. The van der Waals surface area contributed by atoms with Crippen molar-refractivity contribution in [1.29, 1.82) is 0 Å². The third kappa shape index (κ3) is 4.65. The highest BCUT2D eigenvalue weighted by Crippen LogP contribution is 2.35. The second-order valence-electron chi connectivity index (χ2n) is 8.15. The van der Waals surface area contributed by atoms with Crippen LogP contribution in [0.2, 0.25) is 10.0 Å². The summed E-state index contributed by atoms with van der Waals surface area (Å²) in [5, 5.41) is 13.5. The van der Waals surface area contributed by atoms with Gasteiger partial charge in [-0.25, -0.2) is 0 Å². The average molecular weight is 527 g/mol. The number of rotatable bonds is 6. The molecule has 178 valence electrons. The van der Waals surface area contributed by atoms with Crippen LogP contribution in [-0.2, 0) is 11.3 Å². The van der Waals surface area contributed by atoms with Gasteiger partial charge in [0, 0.05) is 31.9 Å². The Morgan fingerprint density at radius 2 is 1.54 bits per heavy atom. The fourth-order valence-corrected chi connectivity index (χ4v) is 5.43. The van der Waals surface area contributed by atoms with Crippen molar-refractivity contribution in [3.05, 3.63) is 81.2 Å². The van der Waals surface area contributed by atoms with E-state index in [1.54, 1.807) is 37.5 Å². The number of aromatic nitrogens is 1. The van der Waals surface area contributed by atoms with Gasteiger partial charge < -0.3 is 14.4 Å². The Balaban J connectivity index is 1.38. The van der Waals surface area contributed by atoms with Gasteiger partial charge in [-0.3, -0.25) is 14.5 Å². The molecule has 3 aromatic carbocycles. The highest BCUT2D eigenvalue weighted by Gasteiger charge is 2.36. The van der Waals surface area contributed by atoms with Crippen LogP contribution < -0.4 is 4.74 Å². The van der Waals surface area contributed by atoms with Gasteiger partial charge in [-0.1, -0.05) is 35.3 Å². The van der Waals surface area contributed by atoms with E-state index in [1.807, 2.05) is 41.0 Å². The number of halogens is 2. The summed E-state index contributed by atoms with van der Waals surface area (Å²) in [6.45, 7) is 0.0650. The van der Waals surface area contributed by atoms with E-state index in [2.05, 4.69) is 0 Å². The predicted octanol–water partition coefficient (Wildman–Crippen LogP) is 6.21. The van der Waals surface area contributed by atoms with E-state index < -0.39 is 17.3 Å². The first-order valence-electron chi connectivity index (χ1n) is 10.8. The van der Waals surface area contributed by atoms with Crippen molar-refractivity contribution < 1.29 is 19.4 Å². The average Bonchev–Trinajstić information content (AvgIpc) is 3.27. The first-order chi connectivity index (χ1) is 16.8. The molecule has 0 aliphatic carbocycles. The molecule has 1 aliphatic rings. The molecular weight excluding hydrogens is 507 g/mol. The lowest BCUT2D eigenvalue weighted by atomic mass is 10.1. The van der Waals surface area contributed by atoms with Crippen LogP contribution in [0.3, 0.4) is 0 Å². The number of benzene rings is 3. The summed E-state index contributed by atoms with van der Waals surface area (Å²) >= 11 is 13.3. The molecule has 0 spiro atoms.